The van der Waals surface area contributed by atoms with E-state index in [1.807, 2.05) is 51.1 Å². The fraction of sp³-hybridized carbons (Fsp3) is 0.394. The zero-order chi connectivity index (χ0) is 30.0. The molecule has 0 radical (unpaired) electrons. The van der Waals surface area contributed by atoms with Crippen molar-refractivity contribution in [3.63, 3.8) is 0 Å². The standard InChI is InChI=1S/C33H37N3O6/c1-33(2,3)42-32(40)35-22-14-10-13-21(17-22)34-30(38)25-18-24-23-15-8-9-16-26(23)36(31(39)28(24)29(25)41-4)19-27(37)20-11-6-5-7-12-20/h5-9,11-12,15-16,21-22H,10,13-14,17-19H2,1-4H3,(H,34,38)(H,35,40). The summed E-state index contributed by atoms with van der Waals surface area (Å²) in [4.78, 5) is 53.0. The van der Waals surface area contributed by atoms with Crippen LogP contribution in [0.5, 0.6) is 0 Å². The lowest BCUT2D eigenvalue weighted by Gasteiger charge is -2.31. The maximum Gasteiger partial charge on any atom is 0.407 e. The quantitative estimate of drug-likeness (QED) is 0.396. The summed E-state index contributed by atoms with van der Waals surface area (Å²) in [6, 6.07) is 16.0. The average molecular weight is 572 g/mol. The number of hydrogen-bond acceptors (Lipinski definition) is 6. The minimum absolute atomic E-state index is 0.117. The van der Waals surface area contributed by atoms with E-state index in [2.05, 4.69) is 10.6 Å². The van der Waals surface area contributed by atoms with E-state index in [9.17, 15) is 19.2 Å². The second-order valence-electron chi connectivity index (χ2n) is 11.9. The molecule has 2 N–H and O–H groups in total. The lowest BCUT2D eigenvalue weighted by Crippen LogP contribution is -2.47. The number of aromatic nitrogens is 1. The highest BCUT2D eigenvalue weighted by Gasteiger charge is 2.35. The summed E-state index contributed by atoms with van der Waals surface area (Å²) in [6.45, 7) is 5.31. The number of amides is 2. The fourth-order valence-electron chi connectivity index (χ4n) is 5.92. The SMILES string of the molecule is COC1=C(C(=O)NC2CCCC(NC(=O)OC(C)(C)C)C2)Cc2c1c(=O)n(CC(=O)c1ccccc1)c1ccccc21. The monoisotopic (exact) mass is 571 g/mol. The highest BCUT2D eigenvalue weighted by Crippen LogP contribution is 2.36. The summed E-state index contributed by atoms with van der Waals surface area (Å²) in [5.41, 5.74) is 1.60. The van der Waals surface area contributed by atoms with Crippen LogP contribution in [0.4, 0.5) is 4.79 Å². The highest BCUT2D eigenvalue weighted by molar-refractivity contribution is 6.05. The van der Waals surface area contributed by atoms with E-state index < -0.39 is 11.7 Å². The molecule has 1 fully saturated rings. The van der Waals surface area contributed by atoms with Crippen LogP contribution in [0.1, 0.15) is 67.9 Å². The molecule has 1 aromatic heterocycles. The van der Waals surface area contributed by atoms with Crippen molar-refractivity contribution in [3.8, 4) is 0 Å². The first-order chi connectivity index (χ1) is 20.1. The van der Waals surface area contributed by atoms with E-state index in [4.69, 9.17) is 9.47 Å². The summed E-state index contributed by atoms with van der Waals surface area (Å²) in [7, 11) is 1.45. The summed E-state index contributed by atoms with van der Waals surface area (Å²) < 4.78 is 12.6. The lowest BCUT2D eigenvalue weighted by atomic mass is 9.90. The predicted octanol–water partition coefficient (Wildman–Crippen LogP) is 4.75. The maximum atomic E-state index is 13.9. The van der Waals surface area contributed by atoms with Crippen LogP contribution in [0, 0.1) is 0 Å². The Morgan fingerprint density at radius 3 is 2.31 bits per heavy atom. The first-order valence-electron chi connectivity index (χ1n) is 14.4. The molecule has 2 amide bonds. The maximum absolute atomic E-state index is 13.9. The molecule has 0 bridgehead atoms. The molecule has 3 aromatic rings. The van der Waals surface area contributed by atoms with Crippen molar-refractivity contribution in [2.75, 3.05) is 7.11 Å². The number of ether oxygens (including phenoxy) is 2. The van der Waals surface area contributed by atoms with E-state index in [-0.39, 0.29) is 48.1 Å². The topological polar surface area (TPSA) is 116 Å². The third-order valence-corrected chi connectivity index (χ3v) is 7.74. The lowest BCUT2D eigenvalue weighted by molar-refractivity contribution is -0.118. The number of methoxy groups -OCH3 is 1. The van der Waals surface area contributed by atoms with Gasteiger partial charge in [0.05, 0.1) is 30.3 Å². The van der Waals surface area contributed by atoms with E-state index in [1.165, 1.54) is 11.7 Å². The molecule has 220 valence electrons. The number of pyridine rings is 1. The molecule has 0 aliphatic heterocycles. The van der Waals surface area contributed by atoms with Crippen LogP contribution in [0.3, 0.4) is 0 Å². The van der Waals surface area contributed by atoms with Gasteiger partial charge in [-0.15, -0.1) is 0 Å². The molecular weight excluding hydrogens is 534 g/mol. The van der Waals surface area contributed by atoms with Crippen LogP contribution >= 0.6 is 0 Å². The third-order valence-electron chi connectivity index (χ3n) is 7.74. The number of para-hydroxylation sites is 1. The minimum Gasteiger partial charge on any atom is -0.495 e. The van der Waals surface area contributed by atoms with Gasteiger partial charge in [-0.3, -0.25) is 19.0 Å². The molecule has 1 saturated carbocycles. The Morgan fingerprint density at radius 1 is 0.952 bits per heavy atom. The number of nitrogens with one attached hydrogen (secondary N) is 2. The van der Waals surface area contributed by atoms with Gasteiger partial charge in [-0.05, 0) is 58.1 Å². The van der Waals surface area contributed by atoms with Gasteiger partial charge in [0.1, 0.15) is 11.4 Å². The second-order valence-corrected chi connectivity index (χ2v) is 11.9. The predicted molar refractivity (Wildman–Crippen MR) is 160 cm³/mol. The Balaban J connectivity index is 1.40. The smallest absolute Gasteiger partial charge is 0.407 e. The minimum atomic E-state index is -0.593. The van der Waals surface area contributed by atoms with Gasteiger partial charge in [0.15, 0.2) is 5.78 Å². The molecule has 2 atom stereocenters. The third kappa shape index (κ3) is 6.10. The Morgan fingerprint density at radius 2 is 1.62 bits per heavy atom. The second kappa shape index (κ2) is 11.8. The Hall–Kier alpha value is -4.40. The molecule has 9 heteroatoms. The summed E-state index contributed by atoms with van der Waals surface area (Å²) >= 11 is 0. The number of benzene rings is 2. The Labute approximate surface area is 244 Å². The van der Waals surface area contributed by atoms with Crippen molar-refractivity contribution >= 4 is 34.4 Å². The van der Waals surface area contributed by atoms with Crippen molar-refractivity contribution in [2.24, 2.45) is 0 Å². The van der Waals surface area contributed by atoms with Crippen molar-refractivity contribution < 1.29 is 23.9 Å². The van der Waals surface area contributed by atoms with Gasteiger partial charge in [-0.25, -0.2) is 4.79 Å². The van der Waals surface area contributed by atoms with Crippen LogP contribution in [-0.2, 0) is 27.2 Å². The number of ketones is 1. The largest absolute Gasteiger partial charge is 0.495 e. The van der Waals surface area contributed by atoms with Crippen molar-refractivity contribution in [3.05, 3.63) is 87.2 Å². The number of rotatable bonds is 7. The average Bonchev–Trinajstić information content (AvgIpc) is 3.35. The number of hydrogen-bond donors (Lipinski definition) is 2. The molecular formula is C33H37N3O6. The molecule has 2 aliphatic carbocycles. The number of fused-ring (bicyclic) bond motifs is 3. The molecule has 1 heterocycles. The van der Waals surface area contributed by atoms with Crippen LogP contribution < -0.4 is 16.2 Å². The first-order valence-corrected chi connectivity index (χ1v) is 14.4. The van der Waals surface area contributed by atoms with Crippen molar-refractivity contribution in [2.45, 2.75) is 77.1 Å². The van der Waals surface area contributed by atoms with E-state index in [1.54, 1.807) is 24.3 Å². The van der Waals surface area contributed by atoms with Crippen LogP contribution in [0.15, 0.2) is 65.0 Å². The van der Waals surface area contributed by atoms with E-state index in [0.717, 1.165) is 24.6 Å². The molecule has 2 unspecified atom stereocenters. The van der Waals surface area contributed by atoms with Gasteiger partial charge in [0.25, 0.3) is 11.5 Å². The molecule has 2 aromatic carbocycles. The van der Waals surface area contributed by atoms with Gasteiger partial charge >= 0.3 is 6.09 Å². The van der Waals surface area contributed by atoms with Gasteiger partial charge in [-0.2, -0.15) is 0 Å². The zero-order valence-corrected chi connectivity index (χ0v) is 24.5. The highest BCUT2D eigenvalue weighted by atomic mass is 16.6. The number of nitrogens with zero attached hydrogens (tertiary/aromatic N) is 1. The summed E-state index contributed by atoms with van der Waals surface area (Å²) in [5.74, 6) is -0.256. The van der Waals surface area contributed by atoms with Crippen LogP contribution in [-0.4, -0.2) is 47.1 Å². The fourth-order valence-corrected chi connectivity index (χ4v) is 5.92. The first kappa shape index (κ1) is 29.1. The summed E-state index contributed by atoms with van der Waals surface area (Å²) in [5, 5.41) is 6.83. The van der Waals surface area contributed by atoms with Gasteiger partial charge in [0.2, 0.25) is 0 Å². The molecule has 0 spiro atoms. The normalized spacial score (nSPS) is 18.4. The Bertz CT molecular complexity index is 1620. The van der Waals surface area contributed by atoms with Crippen LogP contribution in [0.25, 0.3) is 16.7 Å². The zero-order valence-electron chi connectivity index (χ0n) is 24.5. The molecule has 0 saturated heterocycles. The molecule has 2 aliphatic rings. The summed E-state index contributed by atoms with van der Waals surface area (Å²) in [6.07, 6.45) is 2.76. The molecule has 42 heavy (non-hydrogen) atoms. The molecule has 9 nitrogen and oxygen atoms in total. The molecule has 5 rings (SSSR count). The van der Waals surface area contributed by atoms with Crippen molar-refractivity contribution in [1.29, 1.82) is 0 Å². The van der Waals surface area contributed by atoms with E-state index >= 15 is 0 Å². The van der Waals surface area contributed by atoms with E-state index in [0.29, 0.717) is 34.2 Å². The number of carbonyl (C=O) groups is 3. The number of alkyl carbamates (subject to hydrolysis) is 1. The van der Waals surface area contributed by atoms with Gasteiger partial charge in [-0.1, -0.05) is 48.5 Å². The van der Waals surface area contributed by atoms with Crippen molar-refractivity contribution in [1.82, 2.24) is 15.2 Å². The van der Waals surface area contributed by atoms with Gasteiger partial charge in [0, 0.05) is 29.5 Å². The number of carbonyl (C=O) groups excluding carboxylic acids is 3. The Kier molecular flexibility index (Phi) is 8.20. The van der Waals surface area contributed by atoms with Crippen LogP contribution in [0.2, 0.25) is 0 Å². The van der Waals surface area contributed by atoms with Gasteiger partial charge < -0.3 is 20.1 Å². The number of Topliss-reactive ketones (excluding diaryl/α,β-unsaturated/α-hetero) is 1.